The van der Waals surface area contributed by atoms with Crippen LogP contribution < -0.4 is 5.73 Å². The lowest BCUT2D eigenvalue weighted by Gasteiger charge is -2.01. The first kappa shape index (κ1) is 9.67. The van der Waals surface area contributed by atoms with Gasteiger partial charge in [-0.3, -0.25) is 0 Å². The lowest BCUT2D eigenvalue weighted by molar-refractivity contribution is 1.08. The second kappa shape index (κ2) is 3.80. The number of allylic oxidation sites excluding steroid dienone is 1. The molecule has 0 amide bonds. The van der Waals surface area contributed by atoms with E-state index in [9.17, 15) is 0 Å². The van der Waals surface area contributed by atoms with E-state index in [0.717, 1.165) is 18.5 Å². The molecule has 2 N–H and O–H groups in total. The lowest BCUT2D eigenvalue weighted by atomic mass is 10.1. The molecular formula is C14H13NS. The van der Waals surface area contributed by atoms with Crippen molar-refractivity contribution in [3.05, 3.63) is 51.7 Å². The molecule has 1 nitrogen and oxygen atoms in total. The van der Waals surface area contributed by atoms with Crippen molar-refractivity contribution < 1.29 is 0 Å². The van der Waals surface area contributed by atoms with E-state index >= 15 is 0 Å². The van der Waals surface area contributed by atoms with E-state index in [4.69, 9.17) is 5.73 Å². The molecule has 0 bridgehead atoms. The van der Waals surface area contributed by atoms with E-state index in [0.29, 0.717) is 0 Å². The molecule has 3 rings (SSSR count). The van der Waals surface area contributed by atoms with Crippen molar-refractivity contribution in [3.63, 3.8) is 0 Å². The Morgan fingerprint density at radius 1 is 1.19 bits per heavy atom. The quantitative estimate of drug-likeness (QED) is 0.736. The molecule has 2 heteroatoms. The van der Waals surface area contributed by atoms with Gasteiger partial charge in [0.05, 0.1) is 0 Å². The van der Waals surface area contributed by atoms with Crippen LogP contribution in [0, 0.1) is 0 Å². The summed E-state index contributed by atoms with van der Waals surface area (Å²) in [7, 11) is 0. The molecule has 0 radical (unpaired) electrons. The van der Waals surface area contributed by atoms with E-state index < -0.39 is 0 Å². The first-order chi connectivity index (χ1) is 7.83. The molecule has 1 aliphatic rings. The monoisotopic (exact) mass is 227 g/mol. The van der Waals surface area contributed by atoms with E-state index in [-0.39, 0.29) is 0 Å². The van der Waals surface area contributed by atoms with Crippen LogP contribution in [0.15, 0.2) is 35.7 Å². The molecule has 0 aliphatic heterocycles. The Morgan fingerprint density at radius 3 is 2.94 bits per heavy atom. The van der Waals surface area contributed by atoms with E-state index in [1.54, 1.807) is 11.3 Å². The predicted octanol–water partition coefficient (Wildman–Crippen LogP) is 3.82. The number of anilines is 1. The SMILES string of the molecule is Nc1ccc2c(c1)CCC2=Cc1cccs1. The number of nitrogen functional groups attached to an aromatic ring is 1. The summed E-state index contributed by atoms with van der Waals surface area (Å²) in [6.45, 7) is 0. The number of benzene rings is 1. The van der Waals surface area contributed by atoms with Gasteiger partial charge in [0.1, 0.15) is 0 Å². The molecule has 0 atom stereocenters. The smallest absolute Gasteiger partial charge is 0.0317 e. The second-order valence-electron chi connectivity index (χ2n) is 4.10. The molecule has 0 spiro atoms. The fourth-order valence-corrected chi connectivity index (χ4v) is 2.91. The van der Waals surface area contributed by atoms with Crippen LogP contribution in [0.5, 0.6) is 0 Å². The molecule has 1 heterocycles. The Bertz CT molecular complexity index is 538. The van der Waals surface area contributed by atoms with Gasteiger partial charge in [-0.1, -0.05) is 12.1 Å². The summed E-state index contributed by atoms with van der Waals surface area (Å²) < 4.78 is 0. The van der Waals surface area contributed by atoms with Crippen molar-refractivity contribution in [2.45, 2.75) is 12.8 Å². The lowest BCUT2D eigenvalue weighted by Crippen LogP contribution is -1.87. The maximum absolute atomic E-state index is 5.79. The minimum Gasteiger partial charge on any atom is -0.399 e. The summed E-state index contributed by atoms with van der Waals surface area (Å²) in [4.78, 5) is 1.33. The van der Waals surface area contributed by atoms with E-state index in [1.807, 2.05) is 6.07 Å². The van der Waals surface area contributed by atoms with Gasteiger partial charge in [0.25, 0.3) is 0 Å². The number of fused-ring (bicyclic) bond motifs is 1. The van der Waals surface area contributed by atoms with Crippen LogP contribution in [0.2, 0.25) is 0 Å². The molecule has 16 heavy (non-hydrogen) atoms. The standard InChI is InChI=1S/C14H13NS/c15-12-5-6-14-10(8-12)3-4-11(14)9-13-2-1-7-16-13/h1-2,5-9H,3-4,15H2. The Labute approximate surface area is 99.2 Å². The van der Waals surface area contributed by atoms with Gasteiger partial charge in [0.15, 0.2) is 0 Å². The maximum Gasteiger partial charge on any atom is 0.0317 e. The van der Waals surface area contributed by atoms with Crippen molar-refractivity contribution in [2.75, 3.05) is 5.73 Å². The molecule has 2 aromatic rings. The molecule has 1 aromatic carbocycles. The average Bonchev–Trinajstić information content (AvgIpc) is 2.89. The minimum atomic E-state index is 0.871. The average molecular weight is 227 g/mol. The fraction of sp³-hybridized carbons (Fsp3) is 0.143. The molecule has 1 aromatic heterocycles. The van der Waals surface area contributed by atoms with Crippen LogP contribution in [0.25, 0.3) is 11.6 Å². The van der Waals surface area contributed by atoms with Crippen molar-refractivity contribution in [2.24, 2.45) is 0 Å². The number of thiophene rings is 1. The summed E-state index contributed by atoms with van der Waals surface area (Å²) in [6, 6.07) is 10.5. The molecule has 0 unspecified atom stereocenters. The van der Waals surface area contributed by atoms with E-state index in [1.165, 1.54) is 21.6 Å². The highest BCUT2D eigenvalue weighted by molar-refractivity contribution is 7.10. The van der Waals surface area contributed by atoms with Gasteiger partial charge >= 0.3 is 0 Å². The predicted molar refractivity (Wildman–Crippen MR) is 71.4 cm³/mol. The van der Waals surface area contributed by atoms with Gasteiger partial charge in [0, 0.05) is 10.6 Å². The molecule has 1 aliphatic carbocycles. The first-order valence-electron chi connectivity index (χ1n) is 5.46. The zero-order valence-electron chi connectivity index (χ0n) is 8.94. The topological polar surface area (TPSA) is 26.0 Å². The highest BCUT2D eigenvalue weighted by Crippen LogP contribution is 2.35. The second-order valence-corrected chi connectivity index (χ2v) is 5.08. The Kier molecular flexibility index (Phi) is 2.29. The Hall–Kier alpha value is -1.54. The van der Waals surface area contributed by atoms with Crippen molar-refractivity contribution >= 4 is 28.7 Å². The van der Waals surface area contributed by atoms with Crippen LogP contribution in [0.1, 0.15) is 22.4 Å². The van der Waals surface area contributed by atoms with Crippen molar-refractivity contribution in [1.82, 2.24) is 0 Å². The summed E-state index contributed by atoms with van der Waals surface area (Å²) in [6.07, 6.45) is 4.56. The van der Waals surface area contributed by atoms with Gasteiger partial charge in [-0.05, 0) is 59.2 Å². The van der Waals surface area contributed by atoms with Gasteiger partial charge in [0.2, 0.25) is 0 Å². The van der Waals surface area contributed by atoms with Crippen LogP contribution in [0.4, 0.5) is 5.69 Å². The van der Waals surface area contributed by atoms with E-state index in [2.05, 4.69) is 35.7 Å². The molecular weight excluding hydrogens is 214 g/mol. The molecule has 0 saturated carbocycles. The summed E-state index contributed by atoms with van der Waals surface area (Å²) in [5, 5.41) is 2.12. The highest BCUT2D eigenvalue weighted by atomic mass is 32.1. The minimum absolute atomic E-state index is 0.871. The fourth-order valence-electron chi connectivity index (χ4n) is 2.23. The van der Waals surface area contributed by atoms with Gasteiger partial charge < -0.3 is 5.73 Å². The summed E-state index contributed by atoms with van der Waals surface area (Å²) in [5.74, 6) is 0. The number of rotatable bonds is 1. The molecule has 80 valence electrons. The summed E-state index contributed by atoms with van der Waals surface area (Å²) in [5.41, 5.74) is 10.9. The first-order valence-corrected chi connectivity index (χ1v) is 6.34. The van der Waals surface area contributed by atoms with Gasteiger partial charge in [-0.25, -0.2) is 0 Å². The van der Waals surface area contributed by atoms with Crippen LogP contribution in [-0.4, -0.2) is 0 Å². The number of aryl methyl sites for hydroxylation is 1. The van der Waals surface area contributed by atoms with Crippen LogP contribution in [0.3, 0.4) is 0 Å². The third-order valence-corrected chi connectivity index (χ3v) is 3.82. The highest BCUT2D eigenvalue weighted by Gasteiger charge is 2.15. The normalized spacial score (nSPS) is 16.6. The zero-order chi connectivity index (χ0) is 11.0. The largest absolute Gasteiger partial charge is 0.399 e. The molecule has 0 saturated heterocycles. The third-order valence-electron chi connectivity index (χ3n) is 3.00. The van der Waals surface area contributed by atoms with Crippen molar-refractivity contribution in [1.29, 1.82) is 0 Å². The number of nitrogens with two attached hydrogens (primary N) is 1. The molecule has 0 fully saturated rings. The number of hydrogen-bond acceptors (Lipinski definition) is 2. The van der Waals surface area contributed by atoms with Gasteiger partial charge in [-0.2, -0.15) is 0 Å². The zero-order valence-corrected chi connectivity index (χ0v) is 9.76. The Balaban J connectivity index is 2.03. The third kappa shape index (κ3) is 1.65. The van der Waals surface area contributed by atoms with Crippen molar-refractivity contribution in [3.8, 4) is 0 Å². The summed E-state index contributed by atoms with van der Waals surface area (Å²) >= 11 is 1.79. The van der Waals surface area contributed by atoms with Gasteiger partial charge in [-0.15, -0.1) is 11.3 Å². The van der Waals surface area contributed by atoms with Crippen LogP contribution in [-0.2, 0) is 6.42 Å². The number of hydrogen-bond donors (Lipinski definition) is 1. The maximum atomic E-state index is 5.79. The Morgan fingerprint density at radius 2 is 2.12 bits per heavy atom. The van der Waals surface area contributed by atoms with Crippen LogP contribution >= 0.6 is 11.3 Å².